The number of benzene rings is 2. The first-order valence-corrected chi connectivity index (χ1v) is 5.67. The zero-order chi connectivity index (χ0) is 12.3. The summed E-state index contributed by atoms with van der Waals surface area (Å²) in [6, 6.07) is 14.6. The maximum absolute atomic E-state index is 11.9. The summed E-state index contributed by atoms with van der Waals surface area (Å²) in [6.07, 6.45) is 0. The quantitative estimate of drug-likeness (QED) is 0.854. The first-order chi connectivity index (χ1) is 8.16. The maximum atomic E-state index is 11.9. The topological polar surface area (TPSA) is 29.1 Å². The minimum absolute atomic E-state index is 0.195. The lowest BCUT2D eigenvalue weighted by Gasteiger charge is -2.06. The molecule has 2 nitrogen and oxygen atoms in total. The molecule has 3 heteroatoms. The number of anilines is 1. The van der Waals surface area contributed by atoms with E-state index >= 15 is 0 Å². The van der Waals surface area contributed by atoms with Crippen molar-refractivity contribution in [2.75, 3.05) is 5.32 Å². The number of aryl methyl sites for hydroxylation is 1. The molecular weight excluding hydrogens is 234 g/mol. The van der Waals surface area contributed by atoms with E-state index in [1.165, 1.54) is 0 Å². The summed E-state index contributed by atoms with van der Waals surface area (Å²) in [4.78, 5) is 11.9. The smallest absolute Gasteiger partial charge is 0.257 e. The molecule has 0 spiro atoms. The molecule has 0 unspecified atom stereocenters. The molecule has 86 valence electrons. The van der Waals surface area contributed by atoms with Crippen LogP contribution in [0.3, 0.4) is 0 Å². The Bertz CT molecular complexity index is 534. The summed E-state index contributed by atoms with van der Waals surface area (Å²) < 4.78 is 0. The molecule has 0 aliphatic carbocycles. The molecular formula is C14H12ClNO. The second-order valence-electron chi connectivity index (χ2n) is 3.80. The SMILES string of the molecule is Cc1ccc(NC(=O)c2ccccc2Cl)cc1. The van der Waals surface area contributed by atoms with Crippen molar-refractivity contribution in [3.8, 4) is 0 Å². The van der Waals surface area contributed by atoms with Crippen LogP contribution < -0.4 is 5.32 Å². The van der Waals surface area contributed by atoms with Crippen molar-refractivity contribution in [1.82, 2.24) is 0 Å². The molecule has 0 saturated carbocycles. The maximum Gasteiger partial charge on any atom is 0.257 e. The predicted octanol–water partition coefficient (Wildman–Crippen LogP) is 3.90. The molecule has 2 aromatic rings. The fourth-order valence-electron chi connectivity index (χ4n) is 1.48. The molecule has 1 N–H and O–H groups in total. The van der Waals surface area contributed by atoms with Crippen LogP contribution in [0.5, 0.6) is 0 Å². The van der Waals surface area contributed by atoms with Crippen LogP contribution in [0, 0.1) is 6.92 Å². The van der Waals surface area contributed by atoms with Crippen molar-refractivity contribution in [2.24, 2.45) is 0 Å². The van der Waals surface area contributed by atoms with Gasteiger partial charge in [0.05, 0.1) is 10.6 Å². The van der Waals surface area contributed by atoms with Crippen LogP contribution >= 0.6 is 11.6 Å². The third-order valence-corrected chi connectivity index (χ3v) is 2.76. The van der Waals surface area contributed by atoms with Gasteiger partial charge in [0.1, 0.15) is 0 Å². The highest BCUT2D eigenvalue weighted by atomic mass is 35.5. The molecule has 0 aromatic heterocycles. The Morgan fingerprint density at radius 1 is 1.06 bits per heavy atom. The second-order valence-corrected chi connectivity index (χ2v) is 4.21. The number of halogens is 1. The Labute approximate surface area is 105 Å². The lowest BCUT2D eigenvalue weighted by Crippen LogP contribution is -2.12. The van der Waals surface area contributed by atoms with Crippen LogP contribution in [0.25, 0.3) is 0 Å². The average molecular weight is 246 g/mol. The van der Waals surface area contributed by atoms with Gasteiger partial charge in [0.15, 0.2) is 0 Å². The Morgan fingerprint density at radius 3 is 2.35 bits per heavy atom. The average Bonchev–Trinajstić information content (AvgIpc) is 2.32. The van der Waals surface area contributed by atoms with Crippen LogP contribution in [0.4, 0.5) is 5.69 Å². The molecule has 0 aliphatic heterocycles. The summed E-state index contributed by atoms with van der Waals surface area (Å²) in [5.41, 5.74) is 2.40. The van der Waals surface area contributed by atoms with Crippen molar-refractivity contribution >= 4 is 23.2 Å². The van der Waals surface area contributed by atoms with E-state index in [1.807, 2.05) is 31.2 Å². The van der Waals surface area contributed by atoms with Crippen LogP contribution in [0.15, 0.2) is 48.5 Å². The van der Waals surface area contributed by atoms with Crippen molar-refractivity contribution in [2.45, 2.75) is 6.92 Å². The van der Waals surface area contributed by atoms with E-state index in [-0.39, 0.29) is 5.91 Å². The number of hydrogen-bond donors (Lipinski definition) is 1. The highest BCUT2D eigenvalue weighted by Crippen LogP contribution is 2.17. The fourth-order valence-corrected chi connectivity index (χ4v) is 1.70. The van der Waals surface area contributed by atoms with Crippen molar-refractivity contribution in [3.63, 3.8) is 0 Å². The zero-order valence-corrected chi connectivity index (χ0v) is 10.2. The van der Waals surface area contributed by atoms with Gasteiger partial charge in [0.25, 0.3) is 5.91 Å². The fraction of sp³-hybridized carbons (Fsp3) is 0.0714. The van der Waals surface area contributed by atoms with Crippen molar-refractivity contribution < 1.29 is 4.79 Å². The van der Waals surface area contributed by atoms with Crippen molar-refractivity contribution in [1.29, 1.82) is 0 Å². The normalized spacial score (nSPS) is 10.0. The lowest BCUT2D eigenvalue weighted by molar-refractivity contribution is 0.102. The van der Waals surface area contributed by atoms with Gasteiger partial charge in [-0.1, -0.05) is 41.4 Å². The molecule has 0 radical (unpaired) electrons. The van der Waals surface area contributed by atoms with Crippen LogP contribution in [-0.4, -0.2) is 5.91 Å². The second kappa shape index (κ2) is 5.02. The molecule has 2 aromatic carbocycles. The number of rotatable bonds is 2. The van der Waals surface area contributed by atoms with Crippen LogP contribution in [0.2, 0.25) is 5.02 Å². The first-order valence-electron chi connectivity index (χ1n) is 5.29. The predicted molar refractivity (Wildman–Crippen MR) is 70.6 cm³/mol. The van der Waals surface area contributed by atoms with Gasteiger partial charge >= 0.3 is 0 Å². The third-order valence-electron chi connectivity index (χ3n) is 2.43. The molecule has 2 rings (SSSR count). The molecule has 0 fully saturated rings. The van der Waals surface area contributed by atoms with Crippen LogP contribution in [0.1, 0.15) is 15.9 Å². The number of carbonyl (C=O) groups excluding carboxylic acids is 1. The van der Waals surface area contributed by atoms with Gasteiger partial charge in [-0.3, -0.25) is 4.79 Å². The summed E-state index contributed by atoms with van der Waals surface area (Å²) >= 11 is 5.95. The van der Waals surface area contributed by atoms with Gasteiger partial charge in [-0.25, -0.2) is 0 Å². The minimum atomic E-state index is -0.195. The highest BCUT2D eigenvalue weighted by molar-refractivity contribution is 6.34. The largest absolute Gasteiger partial charge is 0.322 e. The lowest BCUT2D eigenvalue weighted by atomic mass is 10.2. The molecule has 0 heterocycles. The standard InChI is InChI=1S/C14H12ClNO/c1-10-6-8-11(9-7-10)16-14(17)12-4-2-3-5-13(12)15/h2-9H,1H3,(H,16,17). The van der Waals surface area contributed by atoms with E-state index in [2.05, 4.69) is 5.32 Å². The monoisotopic (exact) mass is 245 g/mol. The van der Waals surface area contributed by atoms with E-state index in [0.717, 1.165) is 11.3 Å². The first kappa shape index (κ1) is 11.7. The number of nitrogens with one attached hydrogen (secondary N) is 1. The van der Waals surface area contributed by atoms with Crippen LogP contribution in [-0.2, 0) is 0 Å². The Hall–Kier alpha value is -1.80. The summed E-state index contributed by atoms with van der Waals surface area (Å²) in [5, 5.41) is 3.26. The number of amides is 1. The third kappa shape index (κ3) is 2.86. The zero-order valence-electron chi connectivity index (χ0n) is 9.41. The Morgan fingerprint density at radius 2 is 1.71 bits per heavy atom. The minimum Gasteiger partial charge on any atom is -0.322 e. The molecule has 1 amide bonds. The number of carbonyl (C=O) groups is 1. The van der Waals surface area contributed by atoms with E-state index in [9.17, 15) is 4.79 Å². The van der Waals surface area contributed by atoms with E-state index in [4.69, 9.17) is 11.6 Å². The molecule has 17 heavy (non-hydrogen) atoms. The van der Waals surface area contributed by atoms with Gasteiger partial charge in [0.2, 0.25) is 0 Å². The molecule has 0 aliphatic rings. The highest BCUT2D eigenvalue weighted by Gasteiger charge is 2.09. The number of hydrogen-bond acceptors (Lipinski definition) is 1. The summed E-state index contributed by atoms with van der Waals surface area (Å²) in [7, 11) is 0. The van der Waals surface area contributed by atoms with Gasteiger partial charge < -0.3 is 5.32 Å². The van der Waals surface area contributed by atoms with Gasteiger partial charge in [0, 0.05) is 5.69 Å². The molecule has 0 bridgehead atoms. The van der Waals surface area contributed by atoms with E-state index < -0.39 is 0 Å². The summed E-state index contributed by atoms with van der Waals surface area (Å²) in [5.74, 6) is -0.195. The van der Waals surface area contributed by atoms with E-state index in [0.29, 0.717) is 10.6 Å². The van der Waals surface area contributed by atoms with E-state index in [1.54, 1.807) is 24.3 Å². The van der Waals surface area contributed by atoms with Gasteiger partial charge in [-0.2, -0.15) is 0 Å². The Balaban J connectivity index is 2.17. The van der Waals surface area contributed by atoms with Gasteiger partial charge in [-0.15, -0.1) is 0 Å². The Kier molecular flexibility index (Phi) is 3.45. The van der Waals surface area contributed by atoms with Gasteiger partial charge in [-0.05, 0) is 31.2 Å². The molecule has 0 atom stereocenters. The molecule has 0 saturated heterocycles. The summed E-state index contributed by atoms with van der Waals surface area (Å²) in [6.45, 7) is 2.00. The van der Waals surface area contributed by atoms with Crippen molar-refractivity contribution in [3.05, 3.63) is 64.7 Å².